The molecule has 10 heteroatoms. The first-order valence-corrected chi connectivity index (χ1v) is 21.6. The Labute approximate surface area is 307 Å². The van der Waals surface area contributed by atoms with Gasteiger partial charge >= 0.3 is 19.8 Å². The van der Waals surface area contributed by atoms with E-state index in [4.69, 9.17) is 18.5 Å². The molecule has 0 aromatic carbocycles. The number of hydrogen-bond donors (Lipinski definition) is 1. The third kappa shape index (κ3) is 36.3. The summed E-state index contributed by atoms with van der Waals surface area (Å²) in [6.07, 6.45) is 33.7. The molecule has 0 radical (unpaired) electrons. The second-order valence-corrected chi connectivity index (χ2v) is 16.1. The molecule has 1 N–H and O–H groups in total. The lowest BCUT2D eigenvalue weighted by Crippen LogP contribution is -2.37. The Morgan fingerprint density at radius 1 is 0.600 bits per heavy atom. The highest BCUT2D eigenvalue weighted by Gasteiger charge is 2.27. The van der Waals surface area contributed by atoms with Crippen LogP contribution >= 0.6 is 7.82 Å². The molecule has 50 heavy (non-hydrogen) atoms. The van der Waals surface area contributed by atoms with Crippen molar-refractivity contribution in [2.45, 2.75) is 174 Å². The topological polar surface area (TPSA) is 108 Å². The third-order valence-electron chi connectivity index (χ3n) is 8.43. The van der Waals surface area contributed by atoms with E-state index in [9.17, 15) is 19.0 Å². The monoisotopic (exact) mass is 731 g/mol. The Kier molecular flexibility index (Phi) is 32.3. The van der Waals surface area contributed by atoms with Gasteiger partial charge in [0.2, 0.25) is 0 Å². The summed E-state index contributed by atoms with van der Waals surface area (Å²) in [6, 6.07) is 0. The number of nitrogens with zero attached hydrogens (tertiary/aromatic N) is 1. The molecule has 0 saturated carbocycles. The van der Waals surface area contributed by atoms with Gasteiger partial charge in [0.25, 0.3) is 0 Å². The van der Waals surface area contributed by atoms with E-state index in [2.05, 4.69) is 38.2 Å². The molecule has 2 unspecified atom stereocenters. The summed E-state index contributed by atoms with van der Waals surface area (Å²) >= 11 is 0. The summed E-state index contributed by atoms with van der Waals surface area (Å²) < 4.78 is 34.1. The van der Waals surface area contributed by atoms with Crippen molar-refractivity contribution in [3.63, 3.8) is 0 Å². The predicted molar refractivity (Wildman–Crippen MR) is 206 cm³/mol. The molecule has 294 valence electrons. The SMILES string of the molecule is CCC/C=C\CCCCCCCC(=O)OCC(COP(=O)(O)OCC[N+](C)(C)C)OC(=O)CCCCCCC/C=C\CCCCCCCCC. The second kappa shape index (κ2) is 33.3. The molecule has 0 aromatic rings. The van der Waals surface area contributed by atoms with Crippen molar-refractivity contribution in [1.29, 1.82) is 0 Å². The molecule has 0 amide bonds. The number of esters is 2. The van der Waals surface area contributed by atoms with Crippen molar-refractivity contribution in [2.24, 2.45) is 0 Å². The van der Waals surface area contributed by atoms with Gasteiger partial charge in [-0.3, -0.25) is 18.6 Å². The first-order chi connectivity index (χ1) is 24.0. The van der Waals surface area contributed by atoms with Gasteiger partial charge in [-0.05, 0) is 57.8 Å². The standard InChI is InChI=1S/C40H76NO8P/c1-6-8-10-12-14-16-18-19-20-21-22-23-25-27-29-31-33-40(43)49-38(37-48-50(44,45)47-35-34-41(3,4)5)36-46-39(42)32-30-28-26-24-17-15-13-11-9-7-2/h11,13,20-21,38H,6-10,12,14-19,22-37H2,1-5H3/p+1/b13-11-,21-20-. The van der Waals surface area contributed by atoms with Crippen LogP contribution in [0.15, 0.2) is 24.3 Å². The van der Waals surface area contributed by atoms with Crippen LogP contribution < -0.4 is 0 Å². The summed E-state index contributed by atoms with van der Waals surface area (Å²) in [6.45, 7) is 4.33. The van der Waals surface area contributed by atoms with Gasteiger partial charge in [0.15, 0.2) is 6.10 Å². The van der Waals surface area contributed by atoms with Crippen molar-refractivity contribution >= 4 is 19.8 Å². The van der Waals surface area contributed by atoms with Gasteiger partial charge in [0.1, 0.15) is 19.8 Å². The summed E-state index contributed by atoms with van der Waals surface area (Å²) in [4.78, 5) is 35.2. The zero-order valence-electron chi connectivity index (χ0n) is 32.9. The average molecular weight is 731 g/mol. The van der Waals surface area contributed by atoms with Crippen LogP contribution in [0.5, 0.6) is 0 Å². The van der Waals surface area contributed by atoms with Crippen LogP contribution in [0.3, 0.4) is 0 Å². The molecular formula is C40H77NO8P+. The molecule has 2 atom stereocenters. The minimum atomic E-state index is -4.37. The van der Waals surface area contributed by atoms with Crippen molar-refractivity contribution in [2.75, 3.05) is 47.5 Å². The average Bonchev–Trinajstić information content (AvgIpc) is 3.06. The van der Waals surface area contributed by atoms with Crippen LogP contribution in [-0.4, -0.2) is 74.9 Å². The molecule has 0 aliphatic carbocycles. The maximum Gasteiger partial charge on any atom is 0.472 e. The Hall–Kier alpha value is -1.51. The number of phosphoric ester groups is 1. The van der Waals surface area contributed by atoms with Crippen molar-refractivity contribution in [3.05, 3.63) is 24.3 Å². The lowest BCUT2D eigenvalue weighted by atomic mass is 10.1. The van der Waals surface area contributed by atoms with Gasteiger partial charge in [-0.1, -0.05) is 122 Å². The first kappa shape index (κ1) is 48.5. The van der Waals surface area contributed by atoms with E-state index in [1.165, 1.54) is 57.8 Å². The van der Waals surface area contributed by atoms with Gasteiger partial charge in [-0.2, -0.15) is 0 Å². The maximum atomic E-state index is 12.6. The number of quaternary nitrogens is 1. The lowest BCUT2D eigenvalue weighted by molar-refractivity contribution is -0.870. The second-order valence-electron chi connectivity index (χ2n) is 14.7. The number of rotatable bonds is 36. The maximum absolute atomic E-state index is 12.6. The molecule has 0 aromatic heterocycles. The summed E-state index contributed by atoms with van der Waals surface area (Å²) in [5.74, 6) is -0.821. The van der Waals surface area contributed by atoms with Crippen LogP contribution in [0.1, 0.15) is 168 Å². The van der Waals surface area contributed by atoms with E-state index in [-0.39, 0.29) is 32.0 Å². The van der Waals surface area contributed by atoms with Crippen LogP contribution in [0.2, 0.25) is 0 Å². The lowest BCUT2D eigenvalue weighted by Gasteiger charge is -2.24. The predicted octanol–water partition coefficient (Wildman–Crippen LogP) is 10.8. The quantitative estimate of drug-likeness (QED) is 0.0223. The molecule has 0 bridgehead atoms. The number of unbranched alkanes of at least 4 members (excludes halogenated alkanes) is 18. The minimum absolute atomic E-state index is 0.0296. The van der Waals surface area contributed by atoms with Crippen molar-refractivity contribution in [3.8, 4) is 0 Å². The van der Waals surface area contributed by atoms with Gasteiger partial charge < -0.3 is 18.9 Å². The number of ether oxygens (including phenoxy) is 2. The van der Waals surface area contributed by atoms with Crippen molar-refractivity contribution < 1.29 is 42.1 Å². The van der Waals surface area contributed by atoms with Gasteiger partial charge in [-0.25, -0.2) is 4.57 Å². The molecular weight excluding hydrogens is 653 g/mol. The highest BCUT2D eigenvalue weighted by atomic mass is 31.2. The fraction of sp³-hybridized carbons (Fsp3) is 0.850. The highest BCUT2D eigenvalue weighted by molar-refractivity contribution is 7.47. The Morgan fingerprint density at radius 3 is 1.56 bits per heavy atom. The van der Waals surface area contributed by atoms with E-state index in [1.807, 2.05) is 21.1 Å². The Balaban J connectivity index is 4.41. The summed E-state index contributed by atoms with van der Waals surface area (Å²) in [7, 11) is 1.47. The van der Waals surface area contributed by atoms with Crippen LogP contribution in [-0.2, 0) is 32.7 Å². The zero-order valence-corrected chi connectivity index (χ0v) is 33.8. The van der Waals surface area contributed by atoms with E-state index in [0.29, 0.717) is 17.4 Å². The zero-order chi connectivity index (χ0) is 37.2. The molecule has 0 spiro atoms. The smallest absolute Gasteiger partial charge is 0.462 e. The Morgan fingerprint density at radius 2 is 1.06 bits per heavy atom. The molecule has 0 saturated heterocycles. The van der Waals surface area contributed by atoms with E-state index < -0.39 is 26.5 Å². The number of hydrogen-bond acceptors (Lipinski definition) is 7. The summed E-state index contributed by atoms with van der Waals surface area (Å²) in [5.41, 5.74) is 0. The number of carbonyl (C=O) groups is 2. The van der Waals surface area contributed by atoms with E-state index in [1.54, 1.807) is 0 Å². The van der Waals surface area contributed by atoms with Crippen LogP contribution in [0.4, 0.5) is 0 Å². The molecule has 0 rings (SSSR count). The van der Waals surface area contributed by atoms with Crippen LogP contribution in [0, 0.1) is 0 Å². The third-order valence-corrected chi connectivity index (χ3v) is 9.42. The normalized spacial score (nSPS) is 14.0. The molecule has 0 heterocycles. The fourth-order valence-electron chi connectivity index (χ4n) is 5.24. The number of phosphoric acid groups is 1. The number of allylic oxidation sites excluding steroid dienone is 4. The van der Waals surface area contributed by atoms with E-state index >= 15 is 0 Å². The summed E-state index contributed by atoms with van der Waals surface area (Å²) in [5, 5.41) is 0. The number of carbonyl (C=O) groups excluding carboxylic acids is 2. The Bertz CT molecular complexity index is 918. The first-order valence-electron chi connectivity index (χ1n) is 20.1. The molecule has 0 aliphatic rings. The number of likely N-dealkylation sites (N-methyl/N-ethyl adjacent to an activating group) is 1. The van der Waals surface area contributed by atoms with E-state index in [0.717, 1.165) is 77.0 Å². The molecule has 0 aliphatic heterocycles. The van der Waals surface area contributed by atoms with Gasteiger partial charge in [0.05, 0.1) is 27.7 Å². The van der Waals surface area contributed by atoms with Gasteiger partial charge in [-0.15, -0.1) is 0 Å². The molecule has 9 nitrogen and oxygen atoms in total. The molecule has 0 fully saturated rings. The van der Waals surface area contributed by atoms with Gasteiger partial charge in [0, 0.05) is 12.8 Å². The minimum Gasteiger partial charge on any atom is -0.462 e. The largest absolute Gasteiger partial charge is 0.472 e. The van der Waals surface area contributed by atoms with Crippen molar-refractivity contribution in [1.82, 2.24) is 0 Å². The highest BCUT2D eigenvalue weighted by Crippen LogP contribution is 2.43. The van der Waals surface area contributed by atoms with Crippen LogP contribution in [0.25, 0.3) is 0 Å². The fourth-order valence-corrected chi connectivity index (χ4v) is 5.99.